The van der Waals surface area contributed by atoms with Gasteiger partial charge < -0.3 is 20.1 Å². The predicted octanol–water partition coefficient (Wildman–Crippen LogP) is 1.17. The first-order valence-electron chi connectivity index (χ1n) is 6.12. The SMILES string of the molecule is Cc1occc1C(N)c1ccc2[nH]c(=O)c(=O)[nH]c2c1. The van der Waals surface area contributed by atoms with Crippen molar-refractivity contribution in [1.82, 2.24) is 9.97 Å². The molecule has 1 aromatic carbocycles. The van der Waals surface area contributed by atoms with Gasteiger partial charge in [0.2, 0.25) is 0 Å². The van der Waals surface area contributed by atoms with Gasteiger partial charge in [0.05, 0.1) is 23.3 Å². The van der Waals surface area contributed by atoms with Crippen LogP contribution in [0.15, 0.2) is 44.5 Å². The summed E-state index contributed by atoms with van der Waals surface area (Å²) in [5.74, 6) is 0.757. The zero-order valence-electron chi connectivity index (χ0n) is 10.8. The van der Waals surface area contributed by atoms with E-state index in [0.29, 0.717) is 11.0 Å². The van der Waals surface area contributed by atoms with E-state index in [0.717, 1.165) is 16.9 Å². The summed E-state index contributed by atoms with van der Waals surface area (Å²) in [6.45, 7) is 1.84. The van der Waals surface area contributed by atoms with Crippen LogP contribution in [0.4, 0.5) is 0 Å². The summed E-state index contributed by atoms with van der Waals surface area (Å²) in [7, 11) is 0. The Kier molecular flexibility index (Phi) is 2.80. The van der Waals surface area contributed by atoms with E-state index in [1.807, 2.05) is 19.1 Å². The molecule has 0 aliphatic carbocycles. The second-order valence-electron chi connectivity index (χ2n) is 4.62. The second kappa shape index (κ2) is 4.50. The van der Waals surface area contributed by atoms with Crippen LogP contribution >= 0.6 is 0 Å². The average molecular weight is 271 g/mol. The highest BCUT2D eigenvalue weighted by molar-refractivity contribution is 5.74. The molecule has 0 spiro atoms. The lowest BCUT2D eigenvalue weighted by molar-refractivity contribution is 0.527. The van der Waals surface area contributed by atoms with Crippen LogP contribution in [0.2, 0.25) is 0 Å². The van der Waals surface area contributed by atoms with Crippen LogP contribution in [-0.4, -0.2) is 9.97 Å². The molecule has 0 aliphatic rings. The quantitative estimate of drug-likeness (QED) is 0.608. The van der Waals surface area contributed by atoms with Crippen molar-refractivity contribution in [2.24, 2.45) is 5.73 Å². The Morgan fingerprint density at radius 3 is 2.45 bits per heavy atom. The number of H-pyrrole nitrogens is 2. The van der Waals surface area contributed by atoms with Gasteiger partial charge in [-0.1, -0.05) is 6.07 Å². The van der Waals surface area contributed by atoms with Crippen molar-refractivity contribution in [2.75, 3.05) is 0 Å². The Hall–Kier alpha value is -2.60. The molecule has 2 heterocycles. The van der Waals surface area contributed by atoms with Gasteiger partial charge in [0.25, 0.3) is 0 Å². The van der Waals surface area contributed by atoms with Crippen LogP contribution in [-0.2, 0) is 0 Å². The topological polar surface area (TPSA) is 105 Å². The summed E-state index contributed by atoms with van der Waals surface area (Å²) in [6, 6.07) is 6.75. The van der Waals surface area contributed by atoms with Crippen LogP contribution in [0.3, 0.4) is 0 Å². The number of rotatable bonds is 2. The van der Waals surface area contributed by atoms with Crippen molar-refractivity contribution in [1.29, 1.82) is 0 Å². The van der Waals surface area contributed by atoms with E-state index in [4.69, 9.17) is 10.2 Å². The van der Waals surface area contributed by atoms with Crippen LogP contribution in [0, 0.1) is 6.92 Å². The first kappa shape index (κ1) is 12.4. The largest absolute Gasteiger partial charge is 0.469 e. The fourth-order valence-electron chi connectivity index (χ4n) is 2.22. The van der Waals surface area contributed by atoms with Crippen LogP contribution in [0.5, 0.6) is 0 Å². The summed E-state index contributed by atoms with van der Waals surface area (Å²) in [4.78, 5) is 27.6. The summed E-state index contributed by atoms with van der Waals surface area (Å²) in [6.07, 6.45) is 1.59. The molecule has 3 aromatic rings. The normalized spacial score (nSPS) is 12.7. The molecule has 0 saturated carbocycles. The summed E-state index contributed by atoms with van der Waals surface area (Å²) in [5, 5.41) is 0. The van der Waals surface area contributed by atoms with Crippen LogP contribution in [0.1, 0.15) is 22.9 Å². The average Bonchev–Trinajstić information content (AvgIpc) is 2.85. The zero-order valence-corrected chi connectivity index (χ0v) is 10.8. The minimum atomic E-state index is -0.678. The van der Waals surface area contributed by atoms with E-state index in [1.165, 1.54) is 0 Å². The molecule has 2 aromatic heterocycles. The molecular formula is C14H13N3O3. The third-order valence-electron chi connectivity index (χ3n) is 3.34. The summed E-state index contributed by atoms with van der Waals surface area (Å²) < 4.78 is 5.24. The van der Waals surface area contributed by atoms with Gasteiger partial charge in [-0.25, -0.2) is 0 Å². The maximum Gasteiger partial charge on any atom is 0.314 e. The van der Waals surface area contributed by atoms with Crippen LogP contribution < -0.4 is 16.9 Å². The highest BCUT2D eigenvalue weighted by atomic mass is 16.3. The molecule has 3 rings (SSSR count). The molecule has 0 radical (unpaired) electrons. The Morgan fingerprint density at radius 1 is 1.10 bits per heavy atom. The number of hydrogen-bond donors (Lipinski definition) is 3. The smallest absolute Gasteiger partial charge is 0.314 e. The maximum absolute atomic E-state index is 11.4. The van der Waals surface area contributed by atoms with Gasteiger partial charge in [-0.2, -0.15) is 0 Å². The second-order valence-corrected chi connectivity index (χ2v) is 4.62. The van der Waals surface area contributed by atoms with Crippen LogP contribution in [0.25, 0.3) is 11.0 Å². The number of fused-ring (bicyclic) bond motifs is 1. The Balaban J connectivity index is 2.14. The molecule has 0 fully saturated rings. The lowest BCUT2D eigenvalue weighted by Gasteiger charge is -2.12. The van der Waals surface area contributed by atoms with Gasteiger partial charge in [-0.3, -0.25) is 9.59 Å². The van der Waals surface area contributed by atoms with E-state index in [1.54, 1.807) is 18.4 Å². The number of aryl methyl sites for hydroxylation is 1. The monoisotopic (exact) mass is 271 g/mol. The van der Waals surface area contributed by atoms with Gasteiger partial charge in [-0.05, 0) is 30.7 Å². The van der Waals surface area contributed by atoms with E-state index < -0.39 is 11.1 Å². The number of aromatic amines is 2. The lowest BCUT2D eigenvalue weighted by atomic mass is 10.00. The zero-order chi connectivity index (χ0) is 14.3. The van der Waals surface area contributed by atoms with Gasteiger partial charge in [0, 0.05) is 5.56 Å². The first-order chi connectivity index (χ1) is 9.56. The van der Waals surface area contributed by atoms with Gasteiger partial charge in [0.15, 0.2) is 0 Å². The molecule has 6 heteroatoms. The lowest BCUT2D eigenvalue weighted by Crippen LogP contribution is -2.29. The maximum atomic E-state index is 11.4. The van der Waals surface area contributed by atoms with Crippen molar-refractivity contribution in [3.05, 3.63) is 68.1 Å². The van der Waals surface area contributed by atoms with Crippen molar-refractivity contribution in [3.63, 3.8) is 0 Å². The van der Waals surface area contributed by atoms with E-state index in [9.17, 15) is 9.59 Å². The number of hydrogen-bond acceptors (Lipinski definition) is 4. The number of nitrogens with one attached hydrogen (secondary N) is 2. The molecule has 6 nitrogen and oxygen atoms in total. The van der Waals surface area contributed by atoms with Gasteiger partial charge >= 0.3 is 11.1 Å². The van der Waals surface area contributed by atoms with Crippen molar-refractivity contribution in [3.8, 4) is 0 Å². The molecule has 1 atom stereocenters. The van der Waals surface area contributed by atoms with E-state index >= 15 is 0 Å². The number of aromatic nitrogens is 2. The Bertz CT molecular complexity index is 888. The highest BCUT2D eigenvalue weighted by Gasteiger charge is 2.14. The molecular weight excluding hydrogens is 258 g/mol. The standard InChI is InChI=1S/C14H13N3O3/c1-7-9(4-5-20-7)12(15)8-2-3-10-11(6-8)17-14(19)13(18)16-10/h2-6,12H,15H2,1H3,(H,16,18)(H,17,19). The summed E-state index contributed by atoms with van der Waals surface area (Å²) >= 11 is 0. The van der Waals surface area contributed by atoms with E-state index in [2.05, 4.69) is 9.97 Å². The summed E-state index contributed by atoms with van der Waals surface area (Å²) in [5.41, 5.74) is 7.67. The first-order valence-corrected chi connectivity index (χ1v) is 6.12. The van der Waals surface area contributed by atoms with Crippen molar-refractivity contribution < 1.29 is 4.42 Å². The van der Waals surface area contributed by atoms with Crippen molar-refractivity contribution in [2.45, 2.75) is 13.0 Å². The third-order valence-corrected chi connectivity index (χ3v) is 3.34. The molecule has 4 N–H and O–H groups in total. The number of benzene rings is 1. The van der Waals surface area contributed by atoms with Gasteiger partial charge in [-0.15, -0.1) is 0 Å². The van der Waals surface area contributed by atoms with Crippen molar-refractivity contribution >= 4 is 11.0 Å². The predicted molar refractivity (Wildman–Crippen MR) is 74.7 cm³/mol. The molecule has 0 amide bonds. The fraction of sp³-hybridized carbons (Fsp3) is 0.143. The third kappa shape index (κ3) is 1.96. The Labute approximate surface area is 113 Å². The minimum Gasteiger partial charge on any atom is -0.469 e. The molecule has 0 aliphatic heterocycles. The fourth-order valence-corrected chi connectivity index (χ4v) is 2.22. The Morgan fingerprint density at radius 2 is 1.80 bits per heavy atom. The molecule has 20 heavy (non-hydrogen) atoms. The number of furan rings is 1. The van der Waals surface area contributed by atoms with E-state index in [-0.39, 0.29) is 6.04 Å². The molecule has 0 saturated heterocycles. The minimum absolute atomic E-state index is 0.353. The molecule has 102 valence electrons. The highest BCUT2D eigenvalue weighted by Crippen LogP contribution is 2.24. The molecule has 0 bridgehead atoms. The van der Waals surface area contributed by atoms with Gasteiger partial charge in [0.1, 0.15) is 5.76 Å². The number of nitrogens with two attached hydrogens (primary N) is 1. The molecule has 1 unspecified atom stereocenters.